The highest BCUT2D eigenvalue weighted by Crippen LogP contribution is 2.23. The van der Waals surface area contributed by atoms with E-state index in [4.69, 9.17) is 4.74 Å². The molecule has 50 heavy (non-hydrogen) atoms. The van der Waals surface area contributed by atoms with Crippen LogP contribution in [0.4, 0.5) is 9.59 Å². The van der Waals surface area contributed by atoms with Crippen LogP contribution in [0.2, 0.25) is 0 Å². The Morgan fingerprint density at radius 3 is 2.14 bits per heavy atom. The van der Waals surface area contributed by atoms with Crippen LogP contribution in [0.3, 0.4) is 0 Å². The summed E-state index contributed by atoms with van der Waals surface area (Å²) in [4.78, 5) is 52.0. The third-order valence-electron chi connectivity index (χ3n) is 8.18. The molecule has 0 aliphatic carbocycles. The summed E-state index contributed by atoms with van der Waals surface area (Å²) >= 11 is 2.95. The van der Waals surface area contributed by atoms with Crippen molar-refractivity contribution >= 4 is 40.7 Å². The summed E-state index contributed by atoms with van der Waals surface area (Å²) < 4.78 is 5.43. The summed E-state index contributed by atoms with van der Waals surface area (Å²) in [5.74, 6) is -0.227. The molecule has 2 aromatic heterocycles. The van der Waals surface area contributed by atoms with Crippen LogP contribution in [0, 0.1) is 5.92 Å². The van der Waals surface area contributed by atoms with E-state index in [-0.39, 0.29) is 30.9 Å². The van der Waals surface area contributed by atoms with Gasteiger partial charge in [-0.25, -0.2) is 14.6 Å². The monoisotopic (exact) mass is 720 g/mol. The fourth-order valence-electron chi connectivity index (χ4n) is 5.35. The number of alkyl carbamates (subject to hydrolysis) is 1. The zero-order valence-corrected chi connectivity index (χ0v) is 30.9. The smallest absolute Gasteiger partial charge is 0.407 e. The Hall–Kier alpha value is -4.33. The SMILES string of the molecule is CC(C)c1cnc(CN(C)C(=O)N[C@H](C(=O)N[C@H](Cc2ccccc2)C[C@@H](O)[C@@H](Cc2ccccc2)NC(=O)OCc2cncs2)C(C)C)s1. The molecule has 11 nitrogen and oxygen atoms in total. The number of benzene rings is 2. The Morgan fingerprint density at radius 1 is 0.900 bits per heavy atom. The molecule has 0 unspecified atom stereocenters. The summed E-state index contributed by atoms with van der Waals surface area (Å²) in [6.07, 6.45) is 2.68. The number of rotatable bonds is 17. The number of aliphatic hydroxyl groups is 1. The van der Waals surface area contributed by atoms with Crippen LogP contribution >= 0.6 is 22.7 Å². The highest BCUT2D eigenvalue weighted by Gasteiger charge is 2.31. The molecule has 2 heterocycles. The van der Waals surface area contributed by atoms with Crippen molar-refractivity contribution in [2.75, 3.05) is 7.05 Å². The van der Waals surface area contributed by atoms with Crippen molar-refractivity contribution < 1.29 is 24.2 Å². The fraction of sp³-hybridized carbons (Fsp3) is 0.432. The zero-order valence-electron chi connectivity index (χ0n) is 29.2. The number of amides is 4. The molecular formula is C37H48N6O5S2. The van der Waals surface area contributed by atoms with Gasteiger partial charge in [-0.3, -0.25) is 9.78 Å². The molecule has 4 atom stereocenters. The lowest BCUT2D eigenvalue weighted by atomic mass is 9.93. The maximum Gasteiger partial charge on any atom is 0.407 e. The second-order valence-corrected chi connectivity index (χ2v) is 15.1. The first-order valence-electron chi connectivity index (χ1n) is 16.8. The van der Waals surface area contributed by atoms with Crippen LogP contribution in [-0.4, -0.2) is 69.3 Å². The molecule has 0 saturated carbocycles. The first kappa shape index (κ1) is 38.5. The van der Waals surface area contributed by atoms with E-state index in [1.54, 1.807) is 30.1 Å². The molecule has 13 heteroatoms. The lowest BCUT2D eigenvalue weighted by Crippen LogP contribution is -2.55. The van der Waals surface area contributed by atoms with Crippen LogP contribution in [0.25, 0.3) is 0 Å². The van der Waals surface area contributed by atoms with E-state index in [0.29, 0.717) is 25.3 Å². The van der Waals surface area contributed by atoms with Gasteiger partial charge in [0, 0.05) is 30.4 Å². The van der Waals surface area contributed by atoms with Crippen LogP contribution in [0.1, 0.15) is 65.9 Å². The highest BCUT2D eigenvalue weighted by atomic mass is 32.1. The van der Waals surface area contributed by atoms with E-state index in [9.17, 15) is 19.5 Å². The van der Waals surface area contributed by atoms with Crippen molar-refractivity contribution in [3.05, 3.63) is 104 Å². The Kier molecular flexibility index (Phi) is 14.7. The molecule has 4 N–H and O–H groups in total. The zero-order chi connectivity index (χ0) is 36.0. The van der Waals surface area contributed by atoms with Crippen molar-refractivity contribution in [2.24, 2.45) is 5.92 Å². The number of aromatic nitrogens is 2. The third-order valence-corrected chi connectivity index (χ3v) is 10.2. The van der Waals surface area contributed by atoms with Gasteiger partial charge in [-0.1, -0.05) is 88.4 Å². The van der Waals surface area contributed by atoms with E-state index >= 15 is 0 Å². The lowest BCUT2D eigenvalue weighted by molar-refractivity contribution is -0.124. The van der Waals surface area contributed by atoms with Crippen molar-refractivity contribution in [3.8, 4) is 0 Å². The number of nitrogens with one attached hydrogen (secondary N) is 3. The Bertz CT molecular complexity index is 1620. The van der Waals surface area contributed by atoms with E-state index in [0.717, 1.165) is 25.9 Å². The van der Waals surface area contributed by atoms with Crippen LogP contribution < -0.4 is 16.0 Å². The van der Waals surface area contributed by atoms with Crippen molar-refractivity contribution in [2.45, 2.75) is 90.3 Å². The molecule has 0 saturated heterocycles. The minimum atomic E-state index is -1.05. The van der Waals surface area contributed by atoms with E-state index in [1.807, 2.05) is 80.7 Å². The van der Waals surface area contributed by atoms with Gasteiger partial charge in [-0.05, 0) is 42.2 Å². The largest absolute Gasteiger partial charge is 0.444 e. The second kappa shape index (κ2) is 19.2. The molecule has 0 fully saturated rings. The van der Waals surface area contributed by atoms with E-state index in [1.165, 1.54) is 16.2 Å². The summed E-state index contributed by atoms with van der Waals surface area (Å²) in [7, 11) is 1.68. The molecule has 0 aliphatic heterocycles. The summed E-state index contributed by atoms with van der Waals surface area (Å²) in [5, 5.41) is 21.4. The van der Waals surface area contributed by atoms with Gasteiger partial charge < -0.3 is 30.7 Å². The topological polar surface area (TPSA) is 146 Å². The second-order valence-electron chi connectivity index (χ2n) is 13.0. The molecule has 0 spiro atoms. The predicted molar refractivity (Wildman–Crippen MR) is 197 cm³/mol. The summed E-state index contributed by atoms with van der Waals surface area (Å²) in [5.41, 5.74) is 3.56. The van der Waals surface area contributed by atoms with Gasteiger partial charge in [0.1, 0.15) is 17.7 Å². The maximum absolute atomic E-state index is 13.9. The van der Waals surface area contributed by atoms with Gasteiger partial charge in [-0.2, -0.15) is 0 Å². The van der Waals surface area contributed by atoms with Crippen LogP contribution in [-0.2, 0) is 35.5 Å². The van der Waals surface area contributed by atoms with Gasteiger partial charge in [0.2, 0.25) is 5.91 Å². The Labute approximate surface area is 302 Å². The first-order chi connectivity index (χ1) is 24.0. The minimum Gasteiger partial charge on any atom is -0.444 e. The molecule has 2 aromatic carbocycles. The number of carbonyl (C=O) groups is 3. The van der Waals surface area contributed by atoms with Gasteiger partial charge >= 0.3 is 12.1 Å². The third kappa shape index (κ3) is 12.2. The molecule has 0 aliphatic rings. The van der Waals surface area contributed by atoms with Crippen molar-refractivity contribution in [1.29, 1.82) is 0 Å². The maximum atomic E-state index is 13.9. The Balaban J connectivity index is 1.46. The molecule has 0 bridgehead atoms. The number of hydrogen-bond acceptors (Lipinski definition) is 9. The Morgan fingerprint density at radius 2 is 1.56 bits per heavy atom. The van der Waals surface area contributed by atoms with E-state index in [2.05, 4.69) is 39.8 Å². The fourth-order valence-corrected chi connectivity index (χ4v) is 6.83. The number of hydrogen-bond donors (Lipinski definition) is 4. The number of ether oxygens (including phenoxy) is 1. The standard InChI is InChI=1S/C37H48N6O5S2/c1-24(2)32-20-39-33(50-32)21-43(5)36(46)42-34(25(3)4)35(45)40-28(16-26-12-8-6-9-13-26)18-31(44)30(17-27-14-10-7-11-15-27)41-37(47)48-22-29-19-38-23-49-29/h6-15,19-20,23-25,28,30-31,34,44H,16-18,21-22H2,1-5H3,(H,40,45)(H,41,47)(H,42,46)/t28-,30-,31-,34+/m1/s1. The molecular weight excluding hydrogens is 673 g/mol. The number of thiazole rings is 2. The number of urea groups is 1. The number of nitrogens with zero attached hydrogens (tertiary/aromatic N) is 3. The summed E-state index contributed by atoms with van der Waals surface area (Å²) in [6.45, 7) is 8.34. The van der Waals surface area contributed by atoms with Crippen molar-refractivity contribution in [3.63, 3.8) is 0 Å². The molecule has 4 amide bonds. The van der Waals surface area contributed by atoms with Crippen molar-refractivity contribution in [1.82, 2.24) is 30.8 Å². The average Bonchev–Trinajstić information content (AvgIpc) is 3.79. The quantitative estimate of drug-likeness (QED) is 0.106. The minimum absolute atomic E-state index is 0.0671. The molecule has 4 aromatic rings. The summed E-state index contributed by atoms with van der Waals surface area (Å²) in [6, 6.07) is 16.8. The highest BCUT2D eigenvalue weighted by molar-refractivity contribution is 7.11. The number of carbonyl (C=O) groups excluding carboxylic acids is 3. The van der Waals surface area contributed by atoms with Gasteiger partial charge in [0.15, 0.2) is 0 Å². The van der Waals surface area contributed by atoms with Gasteiger partial charge in [-0.15, -0.1) is 22.7 Å². The van der Waals surface area contributed by atoms with Gasteiger partial charge in [0.25, 0.3) is 0 Å². The molecule has 4 rings (SSSR count). The van der Waals surface area contributed by atoms with Crippen LogP contribution in [0.15, 0.2) is 78.6 Å². The average molecular weight is 721 g/mol. The molecule has 0 radical (unpaired) electrons. The number of aliphatic hydroxyl groups excluding tert-OH is 1. The molecule has 268 valence electrons. The predicted octanol–water partition coefficient (Wildman–Crippen LogP) is 5.91. The first-order valence-corrected chi connectivity index (χ1v) is 18.5. The normalized spacial score (nSPS) is 13.7. The van der Waals surface area contributed by atoms with E-state index < -0.39 is 30.3 Å². The van der Waals surface area contributed by atoms with Gasteiger partial charge in [0.05, 0.1) is 29.1 Å². The van der Waals surface area contributed by atoms with Crippen LogP contribution in [0.5, 0.6) is 0 Å². The lowest BCUT2D eigenvalue weighted by Gasteiger charge is -2.30.